The average Bonchev–Trinajstić information content (AvgIpc) is 3.21. The molecule has 0 fully saturated rings. The number of rotatable bonds is 5. The normalized spacial score (nSPS) is 10.9. The molecule has 0 saturated carbocycles. The number of hydrazine groups is 1. The minimum Gasteiger partial charge on any atom is -0.459 e. The summed E-state index contributed by atoms with van der Waals surface area (Å²) in [5.74, 6) is -0.682. The molecule has 0 unspecified atom stereocenters. The molecule has 0 aliphatic carbocycles. The fraction of sp³-hybridized carbons (Fsp3) is 0.188. The van der Waals surface area contributed by atoms with E-state index in [2.05, 4.69) is 15.8 Å². The van der Waals surface area contributed by atoms with Gasteiger partial charge in [-0.1, -0.05) is 12.1 Å². The number of aromatic nitrogens is 1. The first-order chi connectivity index (χ1) is 11.6. The summed E-state index contributed by atoms with van der Waals surface area (Å²) in [5, 5.41) is 0.936. The molecule has 2 aromatic heterocycles. The van der Waals surface area contributed by atoms with Crippen molar-refractivity contribution in [2.75, 3.05) is 13.6 Å². The van der Waals surface area contributed by atoms with Crippen LogP contribution in [0.3, 0.4) is 0 Å². The zero-order chi connectivity index (χ0) is 16.9. The zero-order valence-corrected chi connectivity index (χ0v) is 13.8. The molecule has 24 heavy (non-hydrogen) atoms. The summed E-state index contributed by atoms with van der Waals surface area (Å²) in [7, 11) is 1.82. The average molecular weight is 344 g/mol. The number of para-hydroxylation sites is 1. The summed E-state index contributed by atoms with van der Waals surface area (Å²) in [6.07, 6.45) is 1.39. The first-order valence-electron chi connectivity index (χ1n) is 7.27. The second-order valence-corrected chi connectivity index (χ2v) is 6.34. The molecule has 1 aromatic carbocycles. The Kier molecular flexibility index (Phi) is 4.88. The lowest BCUT2D eigenvalue weighted by Gasteiger charge is -2.14. The predicted molar refractivity (Wildman–Crippen MR) is 90.3 cm³/mol. The third kappa shape index (κ3) is 3.98. The quantitative estimate of drug-likeness (QED) is 0.689. The highest BCUT2D eigenvalue weighted by Crippen LogP contribution is 2.22. The van der Waals surface area contributed by atoms with Gasteiger partial charge in [-0.3, -0.25) is 25.3 Å². The van der Waals surface area contributed by atoms with Crippen LogP contribution in [0.2, 0.25) is 0 Å². The van der Waals surface area contributed by atoms with Gasteiger partial charge in [0.05, 0.1) is 29.6 Å². The van der Waals surface area contributed by atoms with Crippen molar-refractivity contribution in [3.8, 4) is 0 Å². The van der Waals surface area contributed by atoms with E-state index in [1.165, 1.54) is 12.3 Å². The molecule has 2 amide bonds. The van der Waals surface area contributed by atoms with Crippen molar-refractivity contribution in [2.24, 2.45) is 0 Å². The molecular formula is C16H16N4O3S. The van der Waals surface area contributed by atoms with E-state index in [0.717, 1.165) is 15.2 Å². The van der Waals surface area contributed by atoms with E-state index in [1.807, 2.05) is 36.2 Å². The van der Waals surface area contributed by atoms with E-state index < -0.39 is 5.91 Å². The van der Waals surface area contributed by atoms with Crippen LogP contribution < -0.4 is 10.9 Å². The van der Waals surface area contributed by atoms with E-state index in [9.17, 15) is 9.59 Å². The summed E-state index contributed by atoms with van der Waals surface area (Å²) in [6.45, 7) is 0.688. The van der Waals surface area contributed by atoms with Crippen LogP contribution in [-0.4, -0.2) is 35.3 Å². The smallest absolute Gasteiger partial charge is 0.305 e. The Labute approximate surface area is 142 Å². The number of likely N-dealkylation sites (N-methyl/N-ethyl adjacent to an activating group) is 1. The monoisotopic (exact) mass is 344 g/mol. The molecule has 0 saturated heterocycles. The topological polar surface area (TPSA) is 87.5 Å². The highest BCUT2D eigenvalue weighted by molar-refractivity contribution is 7.18. The number of furan rings is 1. The van der Waals surface area contributed by atoms with Crippen molar-refractivity contribution in [2.45, 2.75) is 6.54 Å². The molecule has 0 aliphatic rings. The highest BCUT2D eigenvalue weighted by Gasteiger charge is 2.12. The van der Waals surface area contributed by atoms with Gasteiger partial charge in [0.15, 0.2) is 5.76 Å². The third-order valence-electron chi connectivity index (χ3n) is 3.22. The molecule has 7 nitrogen and oxygen atoms in total. The summed E-state index contributed by atoms with van der Waals surface area (Å²) >= 11 is 1.60. The van der Waals surface area contributed by atoms with E-state index in [-0.39, 0.29) is 18.2 Å². The van der Waals surface area contributed by atoms with Gasteiger partial charge in [-0.15, -0.1) is 11.3 Å². The van der Waals surface area contributed by atoms with Crippen molar-refractivity contribution < 1.29 is 14.0 Å². The van der Waals surface area contributed by atoms with E-state index in [4.69, 9.17) is 4.42 Å². The lowest BCUT2D eigenvalue weighted by Crippen LogP contribution is -2.45. The van der Waals surface area contributed by atoms with Crippen LogP contribution in [0.4, 0.5) is 0 Å². The molecule has 0 aliphatic heterocycles. The van der Waals surface area contributed by atoms with E-state index in [0.29, 0.717) is 6.54 Å². The number of nitrogens with zero attached hydrogens (tertiary/aromatic N) is 2. The molecule has 3 aromatic rings. The molecule has 124 valence electrons. The van der Waals surface area contributed by atoms with E-state index in [1.54, 1.807) is 17.4 Å². The minimum absolute atomic E-state index is 0.133. The number of nitrogens with one attached hydrogen (secondary N) is 2. The fourth-order valence-corrected chi connectivity index (χ4v) is 3.20. The van der Waals surface area contributed by atoms with Gasteiger partial charge >= 0.3 is 5.91 Å². The van der Waals surface area contributed by atoms with Gasteiger partial charge in [0.1, 0.15) is 5.01 Å². The van der Waals surface area contributed by atoms with Gasteiger partial charge in [0, 0.05) is 0 Å². The number of hydrogen-bond donors (Lipinski definition) is 2. The van der Waals surface area contributed by atoms with Crippen molar-refractivity contribution in [3.05, 3.63) is 53.4 Å². The van der Waals surface area contributed by atoms with Gasteiger partial charge < -0.3 is 4.42 Å². The molecule has 3 rings (SSSR count). The Morgan fingerprint density at radius 1 is 1.21 bits per heavy atom. The molecule has 0 atom stereocenters. The van der Waals surface area contributed by atoms with Crippen LogP contribution in [-0.2, 0) is 11.3 Å². The van der Waals surface area contributed by atoms with E-state index >= 15 is 0 Å². The maximum absolute atomic E-state index is 11.9. The van der Waals surface area contributed by atoms with Crippen LogP contribution in [0, 0.1) is 0 Å². The van der Waals surface area contributed by atoms with Crippen molar-refractivity contribution in [1.82, 2.24) is 20.7 Å². The predicted octanol–water partition coefficient (Wildman–Crippen LogP) is 1.78. The van der Waals surface area contributed by atoms with Gasteiger partial charge in [-0.25, -0.2) is 4.98 Å². The largest absolute Gasteiger partial charge is 0.459 e. The summed E-state index contributed by atoms with van der Waals surface area (Å²) < 4.78 is 6.06. The maximum Gasteiger partial charge on any atom is 0.305 e. The molecule has 2 heterocycles. The Hall–Kier alpha value is -2.71. The Bertz CT molecular complexity index is 811. The Morgan fingerprint density at radius 3 is 2.79 bits per heavy atom. The van der Waals surface area contributed by atoms with Crippen LogP contribution >= 0.6 is 11.3 Å². The number of amides is 2. The molecule has 8 heteroatoms. The van der Waals surface area contributed by atoms with Crippen molar-refractivity contribution >= 4 is 33.4 Å². The highest BCUT2D eigenvalue weighted by atomic mass is 32.1. The van der Waals surface area contributed by atoms with Crippen molar-refractivity contribution in [1.29, 1.82) is 0 Å². The molecule has 2 N–H and O–H groups in total. The summed E-state index contributed by atoms with van der Waals surface area (Å²) in [4.78, 5) is 29.9. The lowest BCUT2D eigenvalue weighted by atomic mass is 10.3. The number of hydrogen-bond acceptors (Lipinski definition) is 6. The molecule has 0 bridgehead atoms. The maximum atomic E-state index is 11.9. The molecule has 0 radical (unpaired) electrons. The van der Waals surface area contributed by atoms with Gasteiger partial charge in [-0.2, -0.15) is 0 Å². The molecular weight excluding hydrogens is 328 g/mol. The van der Waals surface area contributed by atoms with Gasteiger partial charge in [-0.05, 0) is 31.3 Å². The van der Waals surface area contributed by atoms with Crippen molar-refractivity contribution in [3.63, 3.8) is 0 Å². The number of thiazole rings is 1. The number of fused-ring (bicyclic) bond motifs is 1. The van der Waals surface area contributed by atoms with Gasteiger partial charge in [0.25, 0.3) is 5.91 Å². The second kappa shape index (κ2) is 7.24. The van der Waals surface area contributed by atoms with Crippen LogP contribution in [0.1, 0.15) is 15.6 Å². The standard InChI is InChI=1S/C16H16N4O3S/c1-20(10-15-17-11-5-2-3-7-13(11)24-15)9-14(21)18-19-16(22)12-6-4-8-23-12/h2-8H,9-10H2,1H3,(H,18,21)(H,19,22). The first kappa shape index (κ1) is 16.2. The van der Waals surface area contributed by atoms with Crippen LogP contribution in [0.25, 0.3) is 10.2 Å². The summed E-state index contributed by atoms with van der Waals surface area (Å²) in [5.41, 5.74) is 5.62. The third-order valence-corrected chi connectivity index (χ3v) is 4.24. The van der Waals surface area contributed by atoms with Crippen LogP contribution in [0.15, 0.2) is 47.1 Å². The van der Waals surface area contributed by atoms with Crippen LogP contribution in [0.5, 0.6) is 0 Å². The minimum atomic E-state index is -0.498. The number of benzene rings is 1. The number of carbonyl (C=O) groups excluding carboxylic acids is 2. The Balaban J connectivity index is 1.48. The second-order valence-electron chi connectivity index (χ2n) is 5.23. The van der Waals surface area contributed by atoms with Gasteiger partial charge in [0.2, 0.25) is 0 Å². The SMILES string of the molecule is CN(CC(=O)NNC(=O)c1ccco1)Cc1nc2ccccc2s1. The lowest BCUT2D eigenvalue weighted by molar-refractivity contribution is -0.122. The number of carbonyl (C=O) groups is 2. The zero-order valence-electron chi connectivity index (χ0n) is 13.0. The first-order valence-corrected chi connectivity index (χ1v) is 8.09. The Morgan fingerprint density at radius 2 is 2.04 bits per heavy atom. The molecule has 0 spiro atoms. The summed E-state index contributed by atoms with van der Waals surface area (Å²) in [6, 6.07) is 11.0. The fourth-order valence-electron chi connectivity index (χ4n) is 2.15.